The first-order chi connectivity index (χ1) is 14.8. The van der Waals surface area contributed by atoms with E-state index < -0.39 is 0 Å². The Labute approximate surface area is 173 Å². The summed E-state index contributed by atoms with van der Waals surface area (Å²) in [5, 5.41) is 14.9. The second-order valence-corrected chi connectivity index (χ2v) is 7.36. The van der Waals surface area contributed by atoms with E-state index in [1.54, 1.807) is 23.0 Å². The molecule has 4 heterocycles. The van der Waals surface area contributed by atoms with Crippen LogP contribution in [0.5, 0.6) is 5.75 Å². The average Bonchev–Trinajstić information content (AvgIpc) is 3.45. The van der Waals surface area contributed by atoms with E-state index in [0.717, 1.165) is 56.4 Å². The van der Waals surface area contributed by atoms with E-state index in [-0.39, 0.29) is 5.82 Å². The van der Waals surface area contributed by atoms with Gasteiger partial charge in [0.1, 0.15) is 17.9 Å². The van der Waals surface area contributed by atoms with Crippen LogP contribution in [0.25, 0.3) is 5.65 Å². The molecule has 1 aromatic carbocycles. The van der Waals surface area contributed by atoms with Gasteiger partial charge < -0.3 is 20.1 Å². The normalized spacial score (nSPS) is 16.4. The smallest absolute Gasteiger partial charge is 0.210 e. The fraction of sp³-hybridized carbons (Fsp3) is 0.450. The van der Waals surface area contributed by atoms with Gasteiger partial charge >= 0.3 is 0 Å². The first-order valence-electron chi connectivity index (χ1n) is 10.2. The zero-order chi connectivity index (χ0) is 20.3. The summed E-state index contributed by atoms with van der Waals surface area (Å²) in [4.78, 5) is 6.86. The maximum absolute atomic E-state index is 14.4. The van der Waals surface area contributed by atoms with E-state index in [0.29, 0.717) is 36.7 Å². The van der Waals surface area contributed by atoms with Gasteiger partial charge in [-0.05, 0) is 12.1 Å². The van der Waals surface area contributed by atoms with Gasteiger partial charge in [-0.25, -0.2) is 13.8 Å². The highest BCUT2D eigenvalue weighted by atomic mass is 19.1. The Balaban J connectivity index is 1.28. The minimum Gasteiger partial charge on any atom is -0.493 e. The second kappa shape index (κ2) is 8.41. The lowest BCUT2D eigenvalue weighted by Gasteiger charge is -2.26. The number of nitrogens with zero attached hydrogens (tertiary/aromatic N) is 5. The molecule has 3 aromatic rings. The van der Waals surface area contributed by atoms with Gasteiger partial charge in [-0.1, -0.05) is 0 Å². The molecule has 1 saturated heterocycles. The number of nitrogens with one attached hydrogen (secondary N) is 2. The Kier molecular flexibility index (Phi) is 5.33. The fourth-order valence-electron chi connectivity index (χ4n) is 3.92. The molecule has 0 spiro atoms. The number of rotatable bonds is 7. The Hall–Kier alpha value is -2.98. The molecule has 2 aliphatic heterocycles. The maximum Gasteiger partial charge on any atom is 0.210 e. The molecule has 0 radical (unpaired) electrons. The lowest BCUT2D eigenvalue weighted by atomic mass is 10.0. The number of benzene rings is 1. The lowest BCUT2D eigenvalue weighted by Crippen LogP contribution is -2.39. The number of morpholine rings is 1. The fourth-order valence-corrected chi connectivity index (χ4v) is 3.92. The summed E-state index contributed by atoms with van der Waals surface area (Å²) in [6.07, 6.45) is 4.05. The summed E-state index contributed by atoms with van der Waals surface area (Å²) < 4.78 is 27.1. The largest absolute Gasteiger partial charge is 0.493 e. The third kappa shape index (κ3) is 3.75. The Morgan fingerprint density at radius 1 is 1.13 bits per heavy atom. The number of hydrogen-bond donors (Lipinski definition) is 2. The Morgan fingerprint density at radius 2 is 2.03 bits per heavy atom. The standard InChI is InChI=1S/C20H24FN7O2/c21-16-1-2-18-14(3-8-30-18)15(16)11-23-20-24-12-17(19-26-25-13-28(19)20)22-4-5-27-6-9-29-10-7-27/h1-2,12-13,22H,3-11H2,(H,23,24). The topological polar surface area (TPSA) is 88.8 Å². The third-order valence-corrected chi connectivity index (χ3v) is 5.54. The number of fused-ring (bicyclic) bond motifs is 2. The van der Waals surface area contributed by atoms with Crippen molar-refractivity contribution in [1.29, 1.82) is 0 Å². The van der Waals surface area contributed by atoms with Crippen molar-refractivity contribution < 1.29 is 13.9 Å². The van der Waals surface area contributed by atoms with Crippen molar-refractivity contribution in [3.8, 4) is 5.75 Å². The number of halogens is 1. The van der Waals surface area contributed by atoms with Crippen LogP contribution in [0, 0.1) is 5.82 Å². The van der Waals surface area contributed by atoms with E-state index in [4.69, 9.17) is 9.47 Å². The number of anilines is 2. The van der Waals surface area contributed by atoms with Crippen molar-refractivity contribution >= 4 is 17.3 Å². The molecular weight excluding hydrogens is 389 g/mol. The SMILES string of the molecule is Fc1ccc2c(c1CNc1ncc(NCCN3CCOCC3)c3nncn13)CCO2. The summed E-state index contributed by atoms with van der Waals surface area (Å²) in [6.45, 7) is 6.07. The van der Waals surface area contributed by atoms with Crippen molar-refractivity contribution in [3.63, 3.8) is 0 Å². The van der Waals surface area contributed by atoms with Gasteiger partial charge in [0.05, 0.1) is 31.7 Å². The molecule has 0 bridgehead atoms. The van der Waals surface area contributed by atoms with Crippen molar-refractivity contribution in [2.24, 2.45) is 0 Å². The number of hydrogen-bond acceptors (Lipinski definition) is 8. The first-order valence-corrected chi connectivity index (χ1v) is 10.2. The second-order valence-electron chi connectivity index (χ2n) is 7.36. The monoisotopic (exact) mass is 413 g/mol. The van der Waals surface area contributed by atoms with Crippen LogP contribution in [0.1, 0.15) is 11.1 Å². The molecule has 0 atom stereocenters. The van der Waals surface area contributed by atoms with Gasteiger partial charge in [0, 0.05) is 50.3 Å². The van der Waals surface area contributed by atoms with Gasteiger partial charge in [0.15, 0.2) is 5.65 Å². The molecule has 1 fully saturated rings. The van der Waals surface area contributed by atoms with Crippen molar-refractivity contribution in [2.45, 2.75) is 13.0 Å². The molecule has 158 valence electrons. The lowest BCUT2D eigenvalue weighted by molar-refractivity contribution is 0.0398. The summed E-state index contributed by atoms with van der Waals surface area (Å²) in [5.41, 5.74) is 3.02. The van der Waals surface area contributed by atoms with Gasteiger partial charge in [0.2, 0.25) is 5.95 Å². The summed E-state index contributed by atoms with van der Waals surface area (Å²) in [7, 11) is 0. The van der Waals surface area contributed by atoms with Crippen LogP contribution in [-0.4, -0.2) is 70.5 Å². The minimum absolute atomic E-state index is 0.242. The van der Waals surface area contributed by atoms with Crippen LogP contribution in [0.2, 0.25) is 0 Å². The van der Waals surface area contributed by atoms with Crippen LogP contribution in [0.15, 0.2) is 24.7 Å². The Morgan fingerprint density at radius 3 is 2.93 bits per heavy atom. The van der Waals surface area contributed by atoms with Crippen LogP contribution >= 0.6 is 0 Å². The molecule has 2 N–H and O–H groups in total. The zero-order valence-electron chi connectivity index (χ0n) is 16.6. The molecule has 2 aliphatic rings. The molecule has 0 saturated carbocycles. The molecule has 9 nitrogen and oxygen atoms in total. The van der Waals surface area contributed by atoms with Gasteiger partial charge in [0.25, 0.3) is 0 Å². The summed E-state index contributed by atoms with van der Waals surface area (Å²) in [6, 6.07) is 3.14. The van der Waals surface area contributed by atoms with E-state index in [9.17, 15) is 4.39 Å². The quantitative estimate of drug-likeness (QED) is 0.603. The van der Waals surface area contributed by atoms with Crippen molar-refractivity contribution in [2.75, 3.05) is 56.6 Å². The van der Waals surface area contributed by atoms with Crippen LogP contribution in [0.4, 0.5) is 16.0 Å². The molecule has 2 aromatic heterocycles. The Bertz CT molecular complexity index is 1040. The molecule has 0 unspecified atom stereocenters. The first kappa shape index (κ1) is 19.0. The van der Waals surface area contributed by atoms with Crippen molar-refractivity contribution in [3.05, 3.63) is 41.6 Å². The van der Waals surface area contributed by atoms with Crippen molar-refractivity contribution in [1.82, 2.24) is 24.5 Å². The summed E-state index contributed by atoms with van der Waals surface area (Å²) >= 11 is 0. The summed E-state index contributed by atoms with van der Waals surface area (Å²) in [5.74, 6) is 1.08. The van der Waals surface area contributed by atoms with Gasteiger partial charge in [-0.15, -0.1) is 10.2 Å². The maximum atomic E-state index is 14.4. The van der Waals surface area contributed by atoms with Gasteiger partial charge in [-0.2, -0.15) is 0 Å². The number of ether oxygens (including phenoxy) is 2. The zero-order valence-corrected chi connectivity index (χ0v) is 16.6. The highest BCUT2D eigenvalue weighted by molar-refractivity contribution is 5.68. The highest BCUT2D eigenvalue weighted by Crippen LogP contribution is 2.30. The molecule has 0 aliphatic carbocycles. The molecule has 30 heavy (non-hydrogen) atoms. The molecule has 10 heteroatoms. The van der Waals surface area contributed by atoms with E-state index >= 15 is 0 Å². The van der Waals surface area contributed by atoms with Gasteiger partial charge in [-0.3, -0.25) is 4.90 Å². The molecular formula is C20H24FN7O2. The predicted molar refractivity (Wildman–Crippen MR) is 109 cm³/mol. The molecule has 5 rings (SSSR count). The average molecular weight is 413 g/mol. The van der Waals surface area contributed by atoms with E-state index in [1.165, 1.54) is 6.07 Å². The predicted octanol–water partition coefficient (Wildman–Crippen LogP) is 1.55. The minimum atomic E-state index is -0.242. The highest BCUT2D eigenvalue weighted by Gasteiger charge is 2.20. The van der Waals surface area contributed by atoms with Crippen LogP contribution in [0.3, 0.4) is 0 Å². The third-order valence-electron chi connectivity index (χ3n) is 5.54. The number of aromatic nitrogens is 4. The molecule has 0 amide bonds. The van der Waals surface area contributed by atoms with E-state index in [1.807, 2.05) is 0 Å². The van der Waals surface area contributed by atoms with E-state index in [2.05, 4.69) is 30.7 Å². The van der Waals surface area contributed by atoms with Crippen LogP contribution in [-0.2, 0) is 17.7 Å². The van der Waals surface area contributed by atoms with Crippen LogP contribution < -0.4 is 15.4 Å².